The number of carbonyl (C=O) groups excluding carboxylic acids is 2. The fourth-order valence-electron chi connectivity index (χ4n) is 2.49. The fraction of sp³-hybridized carbons (Fsp3) is 0.0556. The molecule has 1 amide bonds. The number of aromatic nitrogens is 3. The van der Waals surface area contributed by atoms with E-state index in [0.717, 1.165) is 5.56 Å². The number of carbonyl (C=O) groups is 2. The summed E-state index contributed by atoms with van der Waals surface area (Å²) < 4.78 is 0. The first kappa shape index (κ1) is 17.3. The predicted molar refractivity (Wildman–Crippen MR) is 107 cm³/mol. The van der Waals surface area contributed by atoms with Crippen LogP contribution in [0.3, 0.4) is 0 Å². The number of nitrogen functional groups attached to an aromatic ring is 1. The Labute approximate surface area is 161 Å². The number of ketones is 1. The first-order valence-electron chi connectivity index (χ1n) is 7.92. The number of nitrogens with two attached hydrogens (primary N) is 1. The van der Waals surface area contributed by atoms with E-state index in [-0.39, 0.29) is 11.7 Å². The largest absolute Gasteiger partial charge is 0.397 e. The van der Waals surface area contributed by atoms with Gasteiger partial charge in [-0.25, -0.2) is 4.98 Å². The monoisotopic (exact) mass is 395 g/mol. The highest BCUT2D eigenvalue weighted by molar-refractivity contribution is 7.21. The number of amides is 1. The maximum Gasteiger partial charge on any atom is 0.269 e. The second-order valence-corrected chi connectivity index (χ2v) is 7.69. The number of fused-ring (bicyclic) bond motifs is 1. The summed E-state index contributed by atoms with van der Waals surface area (Å²) in [7, 11) is 0. The number of Topliss-reactive ketones (excluding diaryl/α,β-unsaturated/α-hetero) is 1. The summed E-state index contributed by atoms with van der Waals surface area (Å²) in [6, 6.07) is 11.3. The van der Waals surface area contributed by atoms with E-state index >= 15 is 0 Å². The first-order valence-corrected chi connectivity index (χ1v) is 9.55. The first-order chi connectivity index (χ1) is 13.0. The molecule has 0 unspecified atom stereocenters. The van der Waals surface area contributed by atoms with Crippen LogP contribution in [-0.4, -0.2) is 26.9 Å². The van der Waals surface area contributed by atoms with Crippen molar-refractivity contribution in [3.63, 3.8) is 0 Å². The number of pyridine rings is 1. The molecule has 3 N–H and O–H groups in total. The van der Waals surface area contributed by atoms with Crippen LogP contribution in [0.1, 0.15) is 27.0 Å². The highest BCUT2D eigenvalue weighted by Gasteiger charge is 2.19. The fourth-order valence-corrected chi connectivity index (χ4v) is 4.17. The van der Waals surface area contributed by atoms with E-state index in [1.54, 1.807) is 6.07 Å². The molecule has 9 heteroatoms. The van der Waals surface area contributed by atoms with Crippen molar-refractivity contribution in [1.29, 1.82) is 0 Å². The van der Waals surface area contributed by atoms with Crippen molar-refractivity contribution in [2.24, 2.45) is 0 Å². The van der Waals surface area contributed by atoms with Crippen molar-refractivity contribution in [3.05, 3.63) is 53.0 Å². The van der Waals surface area contributed by atoms with Gasteiger partial charge in [-0.1, -0.05) is 41.7 Å². The Morgan fingerprint density at radius 1 is 1.11 bits per heavy atom. The summed E-state index contributed by atoms with van der Waals surface area (Å²) in [5.41, 5.74) is 7.81. The molecular weight excluding hydrogens is 382 g/mol. The average molecular weight is 395 g/mol. The van der Waals surface area contributed by atoms with E-state index in [4.69, 9.17) is 5.73 Å². The summed E-state index contributed by atoms with van der Waals surface area (Å²) >= 11 is 2.45. The Kier molecular flexibility index (Phi) is 4.38. The molecule has 0 saturated carbocycles. The van der Waals surface area contributed by atoms with Gasteiger partial charge in [0.25, 0.3) is 5.91 Å². The maximum absolute atomic E-state index is 12.6. The summed E-state index contributed by atoms with van der Waals surface area (Å²) in [5, 5.41) is 12.5. The standard InChI is InChI=1S/C18H13N5O2S2/c1-9(24)11-7-12-13(19)14(26-17(12)20-8-11)15(25)21-18-23-22-16(27-18)10-5-3-2-4-6-10/h2-8H,19H2,1H3,(H,21,23,25). The highest BCUT2D eigenvalue weighted by Crippen LogP contribution is 2.34. The molecule has 134 valence electrons. The molecule has 4 rings (SSSR count). The second kappa shape index (κ2) is 6.86. The summed E-state index contributed by atoms with van der Waals surface area (Å²) in [6.45, 7) is 1.46. The molecule has 0 aliphatic carbocycles. The van der Waals surface area contributed by atoms with Crippen molar-refractivity contribution < 1.29 is 9.59 Å². The minimum Gasteiger partial charge on any atom is -0.397 e. The Balaban J connectivity index is 1.61. The van der Waals surface area contributed by atoms with Gasteiger partial charge >= 0.3 is 0 Å². The summed E-state index contributed by atoms with van der Waals surface area (Å²) in [6.07, 6.45) is 1.49. The summed E-state index contributed by atoms with van der Waals surface area (Å²) in [4.78, 5) is 29.3. The van der Waals surface area contributed by atoms with Gasteiger partial charge in [0, 0.05) is 22.7 Å². The minimum absolute atomic E-state index is 0.108. The Hall–Kier alpha value is -3.17. The van der Waals surface area contributed by atoms with E-state index in [2.05, 4.69) is 20.5 Å². The zero-order valence-corrected chi connectivity index (χ0v) is 15.7. The Morgan fingerprint density at radius 2 is 1.89 bits per heavy atom. The quantitative estimate of drug-likeness (QED) is 0.508. The molecule has 3 aromatic heterocycles. The molecule has 0 bridgehead atoms. The second-order valence-electron chi connectivity index (χ2n) is 5.71. The van der Waals surface area contributed by atoms with Crippen LogP contribution < -0.4 is 11.1 Å². The van der Waals surface area contributed by atoms with Crippen molar-refractivity contribution in [2.45, 2.75) is 6.92 Å². The molecule has 0 spiro atoms. The topological polar surface area (TPSA) is 111 Å². The average Bonchev–Trinajstić information content (AvgIpc) is 3.27. The molecule has 0 fully saturated rings. The number of benzene rings is 1. The molecule has 0 saturated heterocycles. The maximum atomic E-state index is 12.6. The molecule has 27 heavy (non-hydrogen) atoms. The van der Waals surface area contributed by atoms with Gasteiger partial charge in [-0.15, -0.1) is 21.5 Å². The molecule has 3 heterocycles. The van der Waals surface area contributed by atoms with Crippen molar-refractivity contribution in [1.82, 2.24) is 15.2 Å². The van der Waals surface area contributed by atoms with Crippen molar-refractivity contribution in [2.75, 3.05) is 11.1 Å². The van der Waals surface area contributed by atoms with Crippen LogP contribution in [0.25, 0.3) is 20.8 Å². The van der Waals surface area contributed by atoms with Gasteiger partial charge in [0.2, 0.25) is 5.13 Å². The Bertz CT molecular complexity index is 1170. The van der Waals surface area contributed by atoms with Crippen LogP contribution in [0.15, 0.2) is 42.6 Å². The van der Waals surface area contributed by atoms with E-state index in [1.807, 2.05) is 30.3 Å². The predicted octanol–water partition coefficient (Wildman–Crippen LogP) is 3.85. The third-order valence-electron chi connectivity index (χ3n) is 3.86. The van der Waals surface area contributed by atoms with Crippen LogP contribution >= 0.6 is 22.7 Å². The summed E-state index contributed by atoms with van der Waals surface area (Å²) in [5.74, 6) is -0.487. The zero-order valence-electron chi connectivity index (χ0n) is 14.1. The van der Waals surface area contributed by atoms with E-state index < -0.39 is 0 Å². The zero-order chi connectivity index (χ0) is 19.0. The molecule has 0 atom stereocenters. The van der Waals surface area contributed by atoms with Gasteiger partial charge in [0.1, 0.15) is 14.7 Å². The van der Waals surface area contributed by atoms with Crippen LogP contribution in [0.5, 0.6) is 0 Å². The molecule has 0 aliphatic rings. The third kappa shape index (κ3) is 3.29. The highest BCUT2D eigenvalue weighted by atomic mass is 32.1. The van der Waals surface area contributed by atoms with Gasteiger partial charge in [0.15, 0.2) is 5.78 Å². The molecule has 0 radical (unpaired) electrons. The number of rotatable bonds is 4. The lowest BCUT2D eigenvalue weighted by Gasteiger charge is -1.99. The lowest BCUT2D eigenvalue weighted by Crippen LogP contribution is -2.11. The van der Waals surface area contributed by atoms with E-state index in [9.17, 15) is 9.59 Å². The number of hydrogen-bond donors (Lipinski definition) is 2. The van der Waals surface area contributed by atoms with Gasteiger partial charge in [-0.2, -0.15) is 0 Å². The molecule has 1 aromatic carbocycles. The SMILES string of the molecule is CC(=O)c1cnc2sc(C(=O)Nc3nnc(-c4ccccc4)s3)c(N)c2c1. The number of anilines is 2. The third-order valence-corrected chi connectivity index (χ3v) is 5.88. The van der Waals surface area contributed by atoms with Crippen LogP contribution in [-0.2, 0) is 0 Å². The number of thiophene rings is 1. The lowest BCUT2D eigenvalue weighted by atomic mass is 10.1. The van der Waals surface area contributed by atoms with Gasteiger partial charge in [0.05, 0.1) is 5.69 Å². The lowest BCUT2D eigenvalue weighted by molar-refractivity contribution is 0.101. The minimum atomic E-state index is -0.379. The van der Waals surface area contributed by atoms with E-state index in [1.165, 1.54) is 35.8 Å². The van der Waals surface area contributed by atoms with Gasteiger partial charge in [-0.3, -0.25) is 14.9 Å². The normalized spacial score (nSPS) is 10.9. The number of nitrogens with one attached hydrogen (secondary N) is 1. The molecule has 0 aliphatic heterocycles. The van der Waals surface area contributed by atoms with Crippen molar-refractivity contribution >= 4 is 55.4 Å². The van der Waals surface area contributed by atoms with Crippen LogP contribution in [0.2, 0.25) is 0 Å². The number of nitrogens with zero attached hydrogens (tertiary/aromatic N) is 3. The van der Waals surface area contributed by atoms with Crippen molar-refractivity contribution in [3.8, 4) is 10.6 Å². The van der Waals surface area contributed by atoms with Crippen LogP contribution in [0.4, 0.5) is 10.8 Å². The van der Waals surface area contributed by atoms with Crippen LogP contribution in [0, 0.1) is 0 Å². The van der Waals surface area contributed by atoms with Gasteiger partial charge < -0.3 is 5.73 Å². The molecular formula is C18H13N5O2S2. The number of hydrogen-bond acceptors (Lipinski definition) is 8. The Morgan fingerprint density at radius 3 is 2.63 bits per heavy atom. The van der Waals surface area contributed by atoms with Gasteiger partial charge in [-0.05, 0) is 13.0 Å². The molecule has 4 aromatic rings. The molecule has 7 nitrogen and oxygen atoms in total. The smallest absolute Gasteiger partial charge is 0.269 e. The van der Waals surface area contributed by atoms with E-state index in [0.29, 0.717) is 36.5 Å².